The van der Waals surface area contributed by atoms with Gasteiger partial charge in [0.05, 0.1) is 17.1 Å². The van der Waals surface area contributed by atoms with Crippen LogP contribution in [0.4, 0.5) is 21.5 Å². The third-order valence-electron chi connectivity index (χ3n) is 2.64. The molecule has 1 fully saturated rings. The molecule has 0 spiro atoms. The fourth-order valence-electron chi connectivity index (χ4n) is 1.80. The number of hydrogen-bond acceptors (Lipinski definition) is 3. The molecule has 0 saturated carbocycles. The topological polar surface area (TPSA) is 55.3 Å². The standard InChI is InChI=1S/C10H14FN3/c11-9-8(14-5-1-2-6-14)4-3-7(12)10(9)13/h3-4H,1-2,5-6,12-13H2. The van der Waals surface area contributed by atoms with Crippen LogP contribution < -0.4 is 16.4 Å². The summed E-state index contributed by atoms with van der Waals surface area (Å²) in [6, 6.07) is 3.36. The molecule has 3 nitrogen and oxygen atoms in total. The zero-order valence-corrected chi connectivity index (χ0v) is 7.96. The molecule has 4 N–H and O–H groups in total. The van der Waals surface area contributed by atoms with E-state index in [1.165, 1.54) is 0 Å². The first kappa shape index (κ1) is 9.12. The minimum Gasteiger partial charge on any atom is -0.397 e. The van der Waals surface area contributed by atoms with Crippen LogP contribution in [0.5, 0.6) is 0 Å². The van der Waals surface area contributed by atoms with Crippen LogP contribution in [0, 0.1) is 5.82 Å². The molecule has 2 rings (SSSR count). The second-order valence-corrected chi connectivity index (χ2v) is 3.60. The Bertz CT molecular complexity index is 345. The molecule has 14 heavy (non-hydrogen) atoms. The van der Waals surface area contributed by atoms with E-state index in [1.807, 2.05) is 4.90 Å². The largest absolute Gasteiger partial charge is 0.397 e. The third-order valence-corrected chi connectivity index (χ3v) is 2.64. The summed E-state index contributed by atoms with van der Waals surface area (Å²) in [5, 5.41) is 0. The first-order chi connectivity index (χ1) is 6.70. The molecule has 0 radical (unpaired) electrons. The van der Waals surface area contributed by atoms with Crippen LogP contribution >= 0.6 is 0 Å². The van der Waals surface area contributed by atoms with Crippen LogP contribution in [-0.4, -0.2) is 13.1 Å². The third kappa shape index (κ3) is 1.36. The lowest BCUT2D eigenvalue weighted by Gasteiger charge is -2.19. The normalized spacial score (nSPS) is 16.2. The van der Waals surface area contributed by atoms with Crippen molar-refractivity contribution in [1.29, 1.82) is 0 Å². The van der Waals surface area contributed by atoms with Gasteiger partial charge in [0.1, 0.15) is 0 Å². The number of nitrogen functional groups attached to an aromatic ring is 2. The highest BCUT2D eigenvalue weighted by Gasteiger charge is 2.18. The molecule has 0 aliphatic carbocycles. The van der Waals surface area contributed by atoms with Gasteiger partial charge in [-0.25, -0.2) is 4.39 Å². The molecule has 0 aromatic heterocycles. The van der Waals surface area contributed by atoms with Gasteiger partial charge in [0, 0.05) is 13.1 Å². The van der Waals surface area contributed by atoms with E-state index >= 15 is 0 Å². The summed E-state index contributed by atoms with van der Waals surface area (Å²) in [5.41, 5.74) is 12.0. The SMILES string of the molecule is Nc1ccc(N2CCCC2)c(F)c1N. The van der Waals surface area contributed by atoms with Gasteiger partial charge in [0.2, 0.25) is 0 Å². The maximum absolute atomic E-state index is 13.7. The Labute approximate surface area is 82.5 Å². The summed E-state index contributed by atoms with van der Waals surface area (Å²) < 4.78 is 13.7. The second kappa shape index (κ2) is 3.36. The zero-order valence-electron chi connectivity index (χ0n) is 7.96. The summed E-state index contributed by atoms with van der Waals surface area (Å²) in [6.07, 6.45) is 2.23. The summed E-state index contributed by atoms with van der Waals surface area (Å²) in [6.45, 7) is 1.81. The number of benzene rings is 1. The van der Waals surface area contributed by atoms with E-state index in [2.05, 4.69) is 0 Å². The summed E-state index contributed by atoms with van der Waals surface area (Å²) in [7, 11) is 0. The fraction of sp³-hybridized carbons (Fsp3) is 0.400. The second-order valence-electron chi connectivity index (χ2n) is 3.60. The monoisotopic (exact) mass is 195 g/mol. The van der Waals surface area contributed by atoms with Crippen molar-refractivity contribution in [3.8, 4) is 0 Å². The Morgan fingerprint density at radius 2 is 1.79 bits per heavy atom. The lowest BCUT2D eigenvalue weighted by atomic mass is 10.2. The predicted molar refractivity (Wildman–Crippen MR) is 56.7 cm³/mol. The minimum absolute atomic E-state index is 0.0643. The maximum Gasteiger partial charge on any atom is 0.171 e. The first-order valence-electron chi connectivity index (χ1n) is 4.78. The maximum atomic E-state index is 13.7. The van der Waals surface area contributed by atoms with Crippen molar-refractivity contribution >= 4 is 17.1 Å². The average molecular weight is 195 g/mol. The molecular formula is C10H14FN3. The van der Waals surface area contributed by atoms with E-state index < -0.39 is 0 Å². The smallest absolute Gasteiger partial charge is 0.171 e. The van der Waals surface area contributed by atoms with Crippen molar-refractivity contribution < 1.29 is 4.39 Å². The molecule has 0 bridgehead atoms. The molecule has 1 heterocycles. The van der Waals surface area contributed by atoms with E-state index in [0.29, 0.717) is 11.4 Å². The Kier molecular flexibility index (Phi) is 2.19. The molecule has 4 heteroatoms. The average Bonchev–Trinajstić information content (AvgIpc) is 2.67. The van der Waals surface area contributed by atoms with Gasteiger partial charge >= 0.3 is 0 Å². The van der Waals surface area contributed by atoms with E-state index in [9.17, 15) is 4.39 Å². The highest BCUT2D eigenvalue weighted by atomic mass is 19.1. The molecule has 1 aliphatic rings. The van der Waals surface area contributed by atoms with Crippen molar-refractivity contribution in [1.82, 2.24) is 0 Å². The van der Waals surface area contributed by atoms with Gasteiger partial charge in [-0.3, -0.25) is 0 Å². The Hall–Kier alpha value is -1.45. The van der Waals surface area contributed by atoms with Gasteiger partial charge in [-0.2, -0.15) is 0 Å². The van der Waals surface area contributed by atoms with Crippen LogP contribution in [0.1, 0.15) is 12.8 Å². The van der Waals surface area contributed by atoms with Crippen LogP contribution in [0.25, 0.3) is 0 Å². The van der Waals surface area contributed by atoms with Gasteiger partial charge < -0.3 is 16.4 Å². The zero-order chi connectivity index (χ0) is 10.1. The Morgan fingerprint density at radius 3 is 2.43 bits per heavy atom. The van der Waals surface area contributed by atoms with Crippen LogP contribution in [0.15, 0.2) is 12.1 Å². The predicted octanol–water partition coefficient (Wildman–Crippen LogP) is 1.59. The number of rotatable bonds is 1. The summed E-state index contributed by atoms with van der Waals surface area (Å²) >= 11 is 0. The summed E-state index contributed by atoms with van der Waals surface area (Å²) in [5.74, 6) is -0.382. The number of nitrogens with zero attached hydrogens (tertiary/aromatic N) is 1. The van der Waals surface area contributed by atoms with Crippen LogP contribution in [0.3, 0.4) is 0 Å². The molecule has 76 valence electrons. The fourth-order valence-corrected chi connectivity index (χ4v) is 1.80. The number of anilines is 3. The molecule has 1 aromatic rings. The molecule has 1 saturated heterocycles. The highest BCUT2D eigenvalue weighted by molar-refractivity contribution is 5.71. The van der Waals surface area contributed by atoms with Crippen LogP contribution in [0.2, 0.25) is 0 Å². The van der Waals surface area contributed by atoms with Gasteiger partial charge in [-0.05, 0) is 25.0 Å². The van der Waals surface area contributed by atoms with Crippen molar-refractivity contribution in [3.63, 3.8) is 0 Å². The summed E-state index contributed by atoms with van der Waals surface area (Å²) in [4.78, 5) is 2.01. The number of nitrogens with two attached hydrogens (primary N) is 2. The lowest BCUT2D eigenvalue weighted by Crippen LogP contribution is -2.19. The molecule has 0 unspecified atom stereocenters. The van der Waals surface area contributed by atoms with Gasteiger partial charge in [-0.15, -0.1) is 0 Å². The molecule has 1 aliphatic heterocycles. The van der Waals surface area contributed by atoms with Gasteiger partial charge in [0.15, 0.2) is 5.82 Å². The Morgan fingerprint density at radius 1 is 1.14 bits per heavy atom. The van der Waals surface area contributed by atoms with Crippen LogP contribution in [-0.2, 0) is 0 Å². The molecule has 0 amide bonds. The van der Waals surface area contributed by atoms with E-state index in [0.717, 1.165) is 25.9 Å². The van der Waals surface area contributed by atoms with E-state index in [4.69, 9.17) is 11.5 Å². The van der Waals surface area contributed by atoms with Gasteiger partial charge in [0.25, 0.3) is 0 Å². The number of hydrogen-bond donors (Lipinski definition) is 2. The van der Waals surface area contributed by atoms with E-state index in [-0.39, 0.29) is 11.5 Å². The molecule has 1 aromatic carbocycles. The van der Waals surface area contributed by atoms with Gasteiger partial charge in [-0.1, -0.05) is 0 Å². The van der Waals surface area contributed by atoms with Crippen molar-refractivity contribution in [2.45, 2.75) is 12.8 Å². The quantitative estimate of drug-likeness (QED) is 0.669. The first-order valence-corrected chi connectivity index (χ1v) is 4.78. The molecular weight excluding hydrogens is 181 g/mol. The van der Waals surface area contributed by atoms with E-state index in [1.54, 1.807) is 12.1 Å². The van der Waals surface area contributed by atoms with Crippen molar-refractivity contribution in [3.05, 3.63) is 17.9 Å². The highest BCUT2D eigenvalue weighted by Crippen LogP contribution is 2.30. The minimum atomic E-state index is -0.382. The van der Waals surface area contributed by atoms with Crippen molar-refractivity contribution in [2.75, 3.05) is 29.5 Å². The number of halogens is 1. The lowest BCUT2D eigenvalue weighted by molar-refractivity contribution is 0.628. The Balaban J connectivity index is 2.38. The molecule has 0 atom stereocenters. The van der Waals surface area contributed by atoms with Crippen molar-refractivity contribution in [2.24, 2.45) is 0 Å².